The molecule has 2 aromatic heterocycles. The number of aromatic nitrogens is 3. The van der Waals surface area contributed by atoms with E-state index in [0.29, 0.717) is 22.7 Å². The highest BCUT2D eigenvalue weighted by molar-refractivity contribution is 6.30. The number of pyridine rings is 1. The molecule has 1 aliphatic heterocycles. The Morgan fingerprint density at radius 3 is 2.63 bits per heavy atom. The molecule has 15 heteroatoms. The predicted molar refractivity (Wildman–Crippen MR) is 142 cm³/mol. The molecule has 1 aliphatic rings. The van der Waals surface area contributed by atoms with Crippen LogP contribution in [-0.4, -0.2) is 70.0 Å². The summed E-state index contributed by atoms with van der Waals surface area (Å²) >= 11 is 6.14. The van der Waals surface area contributed by atoms with Crippen LogP contribution in [0.1, 0.15) is 40.6 Å². The summed E-state index contributed by atoms with van der Waals surface area (Å²) in [5, 5.41) is 11.7. The van der Waals surface area contributed by atoms with Crippen LogP contribution < -0.4 is 16.0 Å². The third kappa shape index (κ3) is 6.95. The number of benzene rings is 1. The van der Waals surface area contributed by atoms with E-state index in [9.17, 15) is 27.6 Å². The molecule has 3 atom stereocenters. The number of anilines is 1. The van der Waals surface area contributed by atoms with Crippen molar-refractivity contribution in [1.29, 1.82) is 0 Å². The van der Waals surface area contributed by atoms with Crippen LogP contribution in [0.4, 0.5) is 23.8 Å². The number of amides is 4. The van der Waals surface area contributed by atoms with Crippen molar-refractivity contribution >= 4 is 35.3 Å². The van der Waals surface area contributed by atoms with E-state index < -0.39 is 48.7 Å². The first kappa shape index (κ1) is 29.8. The zero-order valence-electron chi connectivity index (χ0n) is 22.0. The fourth-order valence-corrected chi connectivity index (χ4v) is 4.62. The van der Waals surface area contributed by atoms with E-state index in [0.717, 1.165) is 4.90 Å². The number of aryl methyl sites for hydroxylation is 1. The van der Waals surface area contributed by atoms with Crippen molar-refractivity contribution < 1.29 is 32.3 Å². The lowest BCUT2D eigenvalue weighted by molar-refractivity contribution is -0.150. The van der Waals surface area contributed by atoms with Gasteiger partial charge in [-0.2, -0.15) is 18.3 Å². The van der Waals surface area contributed by atoms with Gasteiger partial charge in [-0.05, 0) is 48.4 Å². The fraction of sp³-hybridized carbons (Fsp3) is 0.346. The van der Waals surface area contributed by atoms with Gasteiger partial charge in [0, 0.05) is 31.1 Å². The number of hydrogen-bond donors (Lipinski definition) is 3. The number of hydrogen-bond acceptors (Lipinski definition) is 6. The summed E-state index contributed by atoms with van der Waals surface area (Å²) < 4.78 is 46.4. The van der Waals surface area contributed by atoms with E-state index in [1.54, 1.807) is 18.2 Å². The monoisotopic (exact) mass is 593 g/mol. The molecule has 0 spiro atoms. The van der Waals surface area contributed by atoms with Crippen molar-refractivity contribution in [2.24, 2.45) is 0 Å². The second-order valence-electron chi connectivity index (χ2n) is 9.12. The lowest BCUT2D eigenvalue weighted by Crippen LogP contribution is -2.40. The normalized spacial score (nSPS) is 16.7. The number of urea groups is 1. The van der Waals surface area contributed by atoms with E-state index in [1.807, 2.05) is 12.2 Å². The third-order valence-electron chi connectivity index (χ3n) is 6.42. The molecule has 1 aromatic carbocycles. The number of carbonyl (C=O) groups excluding carboxylic acids is 3. The second-order valence-corrected chi connectivity index (χ2v) is 9.56. The van der Waals surface area contributed by atoms with Crippen molar-refractivity contribution in [1.82, 2.24) is 30.3 Å². The third-order valence-corrected chi connectivity index (χ3v) is 6.66. The zero-order valence-corrected chi connectivity index (χ0v) is 22.7. The van der Waals surface area contributed by atoms with Crippen LogP contribution in [0, 0.1) is 0 Å². The maximum absolute atomic E-state index is 13.5. The van der Waals surface area contributed by atoms with Crippen molar-refractivity contribution in [3.8, 4) is 0 Å². The Hall–Kier alpha value is -4.17. The average molecular weight is 594 g/mol. The Kier molecular flexibility index (Phi) is 9.13. The Balaban J connectivity index is 1.59. The Morgan fingerprint density at radius 2 is 1.98 bits per heavy atom. The minimum Gasteiger partial charge on any atom is -0.382 e. The molecular formula is C26H27ClF3N7O4. The van der Waals surface area contributed by atoms with Crippen LogP contribution >= 0.6 is 11.6 Å². The summed E-state index contributed by atoms with van der Waals surface area (Å²) in [6, 6.07) is 5.84. The summed E-state index contributed by atoms with van der Waals surface area (Å²) in [5.74, 6) is -1.17. The quantitative estimate of drug-likeness (QED) is 0.329. The zero-order chi connectivity index (χ0) is 29.7. The van der Waals surface area contributed by atoms with Gasteiger partial charge in [0.2, 0.25) is 0 Å². The molecule has 0 saturated carbocycles. The number of rotatable bonds is 10. The smallest absolute Gasteiger partial charge is 0.382 e. The molecule has 3 aromatic rings. The van der Waals surface area contributed by atoms with E-state index in [2.05, 4.69) is 20.7 Å². The summed E-state index contributed by atoms with van der Waals surface area (Å²) in [4.78, 5) is 44.1. The van der Waals surface area contributed by atoms with E-state index in [1.165, 1.54) is 48.5 Å². The first-order valence-electron chi connectivity index (χ1n) is 12.5. The van der Waals surface area contributed by atoms with Gasteiger partial charge in [-0.25, -0.2) is 9.78 Å². The molecule has 4 rings (SSSR count). The van der Waals surface area contributed by atoms with E-state index >= 15 is 0 Å². The molecule has 218 valence electrons. The van der Waals surface area contributed by atoms with Crippen molar-refractivity contribution in [3.05, 3.63) is 76.7 Å². The summed E-state index contributed by atoms with van der Waals surface area (Å²) in [6.07, 6.45) is -1.81. The van der Waals surface area contributed by atoms with Gasteiger partial charge in [0.15, 0.2) is 0 Å². The van der Waals surface area contributed by atoms with Gasteiger partial charge in [-0.15, -0.1) is 0 Å². The summed E-state index contributed by atoms with van der Waals surface area (Å²) in [5.41, 5.74) is 1.02. The molecular weight excluding hydrogens is 567 g/mol. The minimum absolute atomic E-state index is 0.0421. The van der Waals surface area contributed by atoms with Crippen LogP contribution in [0.15, 0.2) is 54.9 Å². The van der Waals surface area contributed by atoms with E-state index in [-0.39, 0.29) is 18.1 Å². The predicted octanol–water partition coefficient (Wildman–Crippen LogP) is 3.70. The first-order valence-corrected chi connectivity index (χ1v) is 12.9. The molecule has 41 heavy (non-hydrogen) atoms. The number of halogens is 4. The highest BCUT2D eigenvalue weighted by Gasteiger charge is 2.48. The Labute approximate surface area is 238 Å². The number of carbonyl (C=O) groups is 3. The van der Waals surface area contributed by atoms with Crippen molar-refractivity contribution in [2.75, 3.05) is 25.6 Å². The molecule has 1 saturated heterocycles. The van der Waals surface area contributed by atoms with E-state index in [4.69, 9.17) is 16.3 Å². The number of nitrogens with one attached hydrogen (secondary N) is 3. The summed E-state index contributed by atoms with van der Waals surface area (Å²) in [6.45, 7) is 1.52. The van der Waals surface area contributed by atoms with Gasteiger partial charge in [-0.3, -0.25) is 14.3 Å². The van der Waals surface area contributed by atoms with Crippen LogP contribution in [0.3, 0.4) is 0 Å². The largest absolute Gasteiger partial charge is 0.410 e. The van der Waals surface area contributed by atoms with Gasteiger partial charge in [0.1, 0.15) is 23.6 Å². The van der Waals surface area contributed by atoms with Crippen LogP contribution in [-0.2, 0) is 16.1 Å². The maximum Gasteiger partial charge on any atom is 0.410 e. The lowest BCUT2D eigenvalue weighted by atomic mass is 10.1. The van der Waals surface area contributed by atoms with Crippen molar-refractivity contribution in [3.63, 3.8) is 0 Å². The highest BCUT2D eigenvalue weighted by Crippen LogP contribution is 2.31. The molecule has 4 amide bonds. The van der Waals surface area contributed by atoms with Crippen LogP contribution in [0.5, 0.6) is 0 Å². The lowest BCUT2D eigenvalue weighted by Gasteiger charge is -2.27. The molecule has 3 N–H and O–H groups in total. The minimum atomic E-state index is -4.62. The molecule has 0 bridgehead atoms. The molecule has 1 fully saturated rings. The average Bonchev–Trinajstić information content (AvgIpc) is 3.57. The first-order chi connectivity index (χ1) is 19.5. The van der Waals surface area contributed by atoms with Gasteiger partial charge in [0.25, 0.3) is 11.8 Å². The standard InChI is InChI=1S/C26H27ClF3N7O4/c1-3-37-18(8-10-32-37)23(38)35-22(16-5-4-6-17(27)11-16)24(39)34-21-12-15(7-9-31-21)19(14-41-2)36-13-20(26(28,29)30)33-25(36)40/h4-12,19-20,22H,3,13-14H2,1-2H3,(H,33,40)(H,35,38)(H,31,34,39)/t19-,20+,22+/m1/s1. The van der Waals surface area contributed by atoms with Crippen LogP contribution in [0.25, 0.3) is 0 Å². The number of alkyl halides is 3. The van der Waals surface area contributed by atoms with Gasteiger partial charge >= 0.3 is 12.2 Å². The summed E-state index contributed by atoms with van der Waals surface area (Å²) in [7, 11) is 1.36. The second kappa shape index (κ2) is 12.6. The van der Waals surface area contributed by atoms with Crippen molar-refractivity contribution in [2.45, 2.75) is 37.8 Å². The highest BCUT2D eigenvalue weighted by atomic mass is 35.5. The maximum atomic E-state index is 13.5. The Bertz CT molecular complexity index is 1420. The van der Waals surface area contributed by atoms with Gasteiger partial charge in [0.05, 0.1) is 19.2 Å². The number of methoxy groups -OCH3 is 1. The topological polar surface area (TPSA) is 130 Å². The number of ether oxygens (including phenoxy) is 1. The molecule has 11 nitrogen and oxygen atoms in total. The molecule has 0 radical (unpaired) electrons. The molecule has 0 aliphatic carbocycles. The van der Waals surface area contributed by atoms with Gasteiger partial charge in [-0.1, -0.05) is 23.7 Å². The fourth-order valence-electron chi connectivity index (χ4n) is 4.43. The number of nitrogens with zero attached hydrogens (tertiary/aromatic N) is 4. The van der Waals surface area contributed by atoms with Gasteiger partial charge < -0.3 is 25.6 Å². The SMILES string of the molecule is CCn1nccc1C(=O)N[C@H](C(=O)Nc1cc([C@@H](COC)N2C[C@@H](C(F)(F)F)NC2=O)ccn1)c1cccc(Cl)c1. The molecule has 0 unspecified atom stereocenters. The molecule has 3 heterocycles. The van der Waals surface area contributed by atoms with Crippen LogP contribution in [0.2, 0.25) is 5.02 Å². The Morgan fingerprint density at radius 1 is 1.20 bits per heavy atom.